The molecule has 0 spiro atoms. The summed E-state index contributed by atoms with van der Waals surface area (Å²) in [7, 11) is 0. The number of carbonyl (C=O) groups is 1. The van der Waals surface area contributed by atoms with Gasteiger partial charge in [0.25, 0.3) is 0 Å². The number of esters is 1. The monoisotopic (exact) mass is 623 g/mol. The predicted molar refractivity (Wildman–Crippen MR) is 200 cm³/mol. The maximum Gasteiger partial charge on any atom is 0.306 e. The topological polar surface area (TPSA) is 26.3 Å². The fourth-order valence-corrected chi connectivity index (χ4v) is 6.56. The molecule has 0 fully saturated rings. The lowest BCUT2D eigenvalue weighted by molar-refractivity contribution is -0.142. The molecule has 1 aliphatic carbocycles. The molecule has 0 aliphatic heterocycles. The van der Waals surface area contributed by atoms with Crippen LogP contribution in [0.15, 0.2) is 58.7 Å². The van der Waals surface area contributed by atoms with E-state index in [9.17, 15) is 4.79 Å². The van der Waals surface area contributed by atoms with Crippen molar-refractivity contribution < 1.29 is 9.53 Å². The van der Waals surface area contributed by atoms with Crippen LogP contribution in [-0.4, -0.2) is 12.6 Å². The van der Waals surface area contributed by atoms with E-state index in [1.165, 1.54) is 152 Å². The van der Waals surface area contributed by atoms with Gasteiger partial charge in [-0.25, -0.2) is 0 Å². The van der Waals surface area contributed by atoms with Gasteiger partial charge in [-0.05, 0) is 63.5 Å². The molecule has 0 saturated carbocycles. The van der Waals surface area contributed by atoms with Gasteiger partial charge in [-0.3, -0.25) is 4.79 Å². The Balaban J connectivity index is 1.97. The van der Waals surface area contributed by atoms with Crippen molar-refractivity contribution in [3.63, 3.8) is 0 Å². The van der Waals surface area contributed by atoms with Crippen molar-refractivity contribution in [2.24, 2.45) is 5.41 Å². The van der Waals surface area contributed by atoms with Gasteiger partial charge in [0.15, 0.2) is 0 Å². The van der Waals surface area contributed by atoms with E-state index >= 15 is 0 Å². The Bertz CT molecular complexity index is 910. The zero-order valence-electron chi connectivity index (χ0n) is 31.0. The second-order valence-electron chi connectivity index (χ2n) is 14.6. The van der Waals surface area contributed by atoms with E-state index in [2.05, 4.69) is 71.9 Å². The largest absolute Gasteiger partial charge is 0.461 e. The van der Waals surface area contributed by atoms with Gasteiger partial charge in [-0.15, -0.1) is 0 Å². The highest BCUT2D eigenvalue weighted by Crippen LogP contribution is 2.40. The molecule has 0 N–H and O–H groups in total. The molecular formula is C43H74O2. The summed E-state index contributed by atoms with van der Waals surface area (Å²) in [6.07, 6.45) is 44.6. The number of ether oxygens (including phenoxy) is 1. The number of allylic oxidation sites excluding steroid dienone is 9. The summed E-state index contributed by atoms with van der Waals surface area (Å²) in [5.74, 6) is -0.0680. The van der Waals surface area contributed by atoms with Crippen molar-refractivity contribution in [3.8, 4) is 0 Å². The molecule has 0 heterocycles. The van der Waals surface area contributed by atoms with E-state index in [1.54, 1.807) is 0 Å². The van der Waals surface area contributed by atoms with Gasteiger partial charge in [0.2, 0.25) is 0 Å². The van der Waals surface area contributed by atoms with E-state index in [0.717, 1.165) is 18.4 Å². The molecule has 258 valence electrons. The van der Waals surface area contributed by atoms with Crippen molar-refractivity contribution in [1.29, 1.82) is 0 Å². The summed E-state index contributed by atoms with van der Waals surface area (Å²) < 4.78 is 5.44. The minimum atomic E-state index is -0.0680. The van der Waals surface area contributed by atoms with Crippen LogP contribution in [0.4, 0.5) is 0 Å². The van der Waals surface area contributed by atoms with Crippen molar-refractivity contribution in [3.05, 3.63) is 58.7 Å². The molecule has 0 unspecified atom stereocenters. The van der Waals surface area contributed by atoms with Gasteiger partial charge in [0.05, 0.1) is 0 Å². The summed E-state index contributed by atoms with van der Waals surface area (Å²) in [5, 5.41) is 0. The van der Waals surface area contributed by atoms with Gasteiger partial charge >= 0.3 is 5.97 Å². The highest BCUT2D eigenvalue weighted by Gasteiger charge is 2.26. The minimum Gasteiger partial charge on any atom is -0.461 e. The average molecular weight is 623 g/mol. The minimum absolute atomic E-state index is 0.0680. The van der Waals surface area contributed by atoms with Crippen LogP contribution < -0.4 is 0 Å². The number of rotatable bonds is 27. The number of carbonyl (C=O) groups excluding carboxylic acids is 1. The Kier molecular flexibility index (Phi) is 25.0. The Morgan fingerprint density at radius 3 is 1.69 bits per heavy atom. The number of hydrogen-bond acceptors (Lipinski definition) is 2. The number of hydrogen-bond donors (Lipinski definition) is 0. The number of unbranched alkanes of at least 4 members (excludes halogenated alkanes) is 19. The van der Waals surface area contributed by atoms with E-state index in [4.69, 9.17) is 4.74 Å². The second-order valence-corrected chi connectivity index (χ2v) is 14.6. The lowest BCUT2D eigenvalue weighted by Gasteiger charge is -2.32. The SMILES string of the molecule is CCCCCCCCCCCCCCCCCCCCCCC(=O)OC/C=C(C)/C=C/C=C(C)/C=C/C1=C(C)CCCC1(C)C. The lowest BCUT2D eigenvalue weighted by atomic mass is 9.72. The molecule has 0 aromatic heterocycles. The van der Waals surface area contributed by atoms with Crippen LogP contribution in [0.5, 0.6) is 0 Å². The lowest BCUT2D eigenvalue weighted by Crippen LogP contribution is -2.19. The first-order valence-electron chi connectivity index (χ1n) is 19.3. The Hall–Kier alpha value is -1.83. The molecule has 1 aliphatic rings. The fourth-order valence-electron chi connectivity index (χ4n) is 6.56. The first-order valence-corrected chi connectivity index (χ1v) is 19.3. The molecule has 0 aromatic carbocycles. The molecule has 2 heteroatoms. The molecule has 0 amide bonds. The first-order chi connectivity index (χ1) is 21.8. The van der Waals surface area contributed by atoms with E-state index in [1.807, 2.05) is 6.08 Å². The van der Waals surface area contributed by atoms with Crippen LogP contribution in [0.3, 0.4) is 0 Å². The predicted octanol–water partition coefficient (Wildman–Crippen LogP) is 14.3. The van der Waals surface area contributed by atoms with Crippen LogP contribution in [-0.2, 0) is 9.53 Å². The maximum atomic E-state index is 12.1. The first kappa shape index (κ1) is 41.2. The molecule has 0 atom stereocenters. The van der Waals surface area contributed by atoms with Crippen LogP contribution in [0.25, 0.3) is 0 Å². The van der Waals surface area contributed by atoms with Gasteiger partial charge in [-0.2, -0.15) is 0 Å². The molecule has 45 heavy (non-hydrogen) atoms. The van der Waals surface area contributed by atoms with E-state index in [-0.39, 0.29) is 11.4 Å². The van der Waals surface area contributed by atoms with Gasteiger partial charge in [0, 0.05) is 6.42 Å². The molecule has 0 radical (unpaired) electrons. The van der Waals surface area contributed by atoms with E-state index in [0.29, 0.717) is 13.0 Å². The highest BCUT2D eigenvalue weighted by atomic mass is 16.5. The van der Waals surface area contributed by atoms with Crippen molar-refractivity contribution in [1.82, 2.24) is 0 Å². The normalized spacial score (nSPS) is 16.0. The summed E-state index contributed by atoms with van der Waals surface area (Å²) in [6, 6.07) is 0. The maximum absolute atomic E-state index is 12.1. The second kappa shape index (κ2) is 27.3. The van der Waals surface area contributed by atoms with Gasteiger partial charge in [0.1, 0.15) is 6.61 Å². The third-order valence-electron chi connectivity index (χ3n) is 9.66. The third kappa shape index (κ3) is 23.2. The smallest absolute Gasteiger partial charge is 0.306 e. The quantitative estimate of drug-likeness (QED) is 0.0517. The molecule has 0 saturated heterocycles. The Morgan fingerprint density at radius 1 is 0.711 bits per heavy atom. The molecule has 2 nitrogen and oxygen atoms in total. The molecule has 1 rings (SSSR count). The van der Waals surface area contributed by atoms with Crippen molar-refractivity contribution >= 4 is 5.97 Å². The van der Waals surface area contributed by atoms with E-state index < -0.39 is 0 Å². The Morgan fingerprint density at radius 2 is 1.20 bits per heavy atom. The Labute approximate surface area is 281 Å². The standard InChI is InChI=1S/C43H74O2/c1-7-8-9-10-11-12-13-14-15-16-17-18-19-20-21-22-23-24-25-26-32-42(44)45-37-35-39(3)30-27-29-38(2)33-34-41-40(4)31-28-36-43(41,5)6/h27,29-30,33-35H,7-26,28,31-32,36-37H2,1-6H3/b30-27+,34-33+,38-29+,39-35+. The zero-order valence-corrected chi connectivity index (χ0v) is 31.0. The zero-order chi connectivity index (χ0) is 33.0. The van der Waals surface area contributed by atoms with Gasteiger partial charge < -0.3 is 4.74 Å². The van der Waals surface area contributed by atoms with Crippen LogP contribution in [0.1, 0.15) is 196 Å². The summed E-state index contributed by atoms with van der Waals surface area (Å²) in [4.78, 5) is 12.1. The summed E-state index contributed by atoms with van der Waals surface area (Å²) >= 11 is 0. The summed E-state index contributed by atoms with van der Waals surface area (Å²) in [5.41, 5.74) is 5.66. The fraction of sp³-hybridized carbons (Fsp3) is 0.744. The third-order valence-corrected chi connectivity index (χ3v) is 9.66. The van der Waals surface area contributed by atoms with Crippen LogP contribution >= 0.6 is 0 Å². The van der Waals surface area contributed by atoms with Crippen molar-refractivity contribution in [2.45, 2.75) is 196 Å². The highest BCUT2D eigenvalue weighted by molar-refractivity contribution is 5.69. The summed E-state index contributed by atoms with van der Waals surface area (Å²) in [6.45, 7) is 13.9. The molecular weight excluding hydrogens is 548 g/mol. The molecule has 0 bridgehead atoms. The van der Waals surface area contributed by atoms with Gasteiger partial charge in [-0.1, -0.05) is 190 Å². The van der Waals surface area contributed by atoms with Crippen molar-refractivity contribution in [2.75, 3.05) is 6.61 Å². The average Bonchev–Trinajstić information content (AvgIpc) is 2.99. The van der Waals surface area contributed by atoms with Crippen LogP contribution in [0, 0.1) is 5.41 Å². The molecule has 0 aromatic rings. The van der Waals surface area contributed by atoms with Crippen LogP contribution in [0.2, 0.25) is 0 Å².